The number of carbonyl (C=O) groups is 2. The van der Waals surface area contributed by atoms with Crippen LogP contribution in [0, 0.1) is 6.92 Å². The maximum absolute atomic E-state index is 13.5. The molecule has 180 valence electrons. The van der Waals surface area contributed by atoms with Gasteiger partial charge in [0.1, 0.15) is 12.3 Å². The lowest BCUT2D eigenvalue weighted by Gasteiger charge is -2.24. The van der Waals surface area contributed by atoms with E-state index in [0.717, 1.165) is 9.87 Å². The second-order valence-electron chi connectivity index (χ2n) is 7.99. The molecule has 0 saturated carbocycles. The van der Waals surface area contributed by atoms with Gasteiger partial charge in [0.25, 0.3) is 15.9 Å². The highest BCUT2D eigenvalue weighted by atomic mass is 32.2. The first kappa shape index (κ1) is 24.2. The third-order valence-electron chi connectivity index (χ3n) is 5.51. The van der Waals surface area contributed by atoms with Crippen molar-refractivity contribution in [1.29, 1.82) is 0 Å². The van der Waals surface area contributed by atoms with Gasteiger partial charge in [-0.3, -0.25) is 13.9 Å². The molecule has 0 atom stereocenters. The Morgan fingerprint density at radius 1 is 1.00 bits per heavy atom. The molecule has 0 bridgehead atoms. The quantitative estimate of drug-likeness (QED) is 0.484. The molecule has 1 amide bonds. The smallest absolute Gasteiger partial charge is 0.264 e. The maximum atomic E-state index is 13.5. The Hall–Kier alpha value is -3.98. The molecule has 9 heteroatoms. The monoisotopic (exact) mass is 491 g/mol. The Bertz CT molecular complexity index is 1380. The van der Waals surface area contributed by atoms with Crippen LogP contribution in [-0.4, -0.2) is 39.0 Å². The molecule has 1 aliphatic rings. The molecule has 0 radical (unpaired) electrons. The number of hydrazone groups is 1. The number of Topliss-reactive ketones (excluding diaryl/α,β-unsaturated/α-hetero) is 1. The predicted molar refractivity (Wildman–Crippen MR) is 133 cm³/mol. The Kier molecular flexibility index (Phi) is 6.97. The zero-order valence-corrected chi connectivity index (χ0v) is 20.2. The van der Waals surface area contributed by atoms with Crippen LogP contribution in [0.5, 0.6) is 5.75 Å². The van der Waals surface area contributed by atoms with E-state index in [1.807, 2.05) is 13.8 Å². The third-order valence-corrected chi connectivity index (χ3v) is 7.30. The van der Waals surface area contributed by atoms with E-state index in [-0.39, 0.29) is 17.1 Å². The fourth-order valence-electron chi connectivity index (χ4n) is 3.74. The molecule has 0 fully saturated rings. The zero-order chi connectivity index (χ0) is 25.0. The Labute approximate surface area is 204 Å². The second kappa shape index (κ2) is 10.1. The molecule has 3 aromatic rings. The first-order valence-corrected chi connectivity index (χ1v) is 12.5. The lowest BCUT2D eigenvalue weighted by Crippen LogP contribution is -2.39. The predicted octanol–water partition coefficient (Wildman–Crippen LogP) is 3.70. The molecule has 3 aromatic carbocycles. The summed E-state index contributed by atoms with van der Waals surface area (Å²) in [5, 5.41) is 4.12. The van der Waals surface area contributed by atoms with Crippen molar-refractivity contribution in [3.63, 3.8) is 0 Å². The minimum Gasteiger partial charge on any atom is -0.494 e. The minimum atomic E-state index is -4.07. The number of fused-ring (bicyclic) bond motifs is 1. The summed E-state index contributed by atoms with van der Waals surface area (Å²) in [5.74, 6) is -0.161. The van der Waals surface area contributed by atoms with Crippen molar-refractivity contribution in [2.24, 2.45) is 5.10 Å². The first-order valence-electron chi connectivity index (χ1n) is 11.1. The Morgan fingerprint density at radius 3 is 2.31 bits per heavy atom. The van der Waals surface area contributed by atoms with Gasteiger partial charge in [0.2, 0.25) is 0 Å². The number of rotatable bonds is 8. The van der Waals surface area contributed by atoms with Gasteiger partial charge in [-0.25, -0.2) is 13.8 Å². The van der Waals surface area contributed by atoms with Gasteiger partial charge in [-0.1, -0.05) is 42.0 Å². The van der Waals surface area contributed by atoms with Gasteiger partial charge in [0.15, 0.2) is 5.78 Å². The molecule has 4 rings (SSSR count). The molecule has 35 heavy (non-hydrogen) atoms. The summed E-state index contributed by atoms with van der Waals surface area (Å²) in [6.45, 7) is 3.69. The number of amides is 1. The number of sulfonamides is 1. The standard InChI is InChI=1S/C26H25N3O5S/c1-3-34-20-12-14-21(15-13-20)35(32,33)29(19-10-8-18(2)9-11-19)17-26(31)28-27-24-16-25(30)23-7-5-4-6-22(23)24/h4-15H,3,16-17H2,1-2H3,(H,28,31)/b27-24+. The van der Waals surface area contributed by atoms with Gasteiger partial charge in [-0.05, 0) is 50.2 Å². The van der Waals surface area contributed by atoms with Gasteiger partial charge in [-0.15, -0.1) is 0 Å². The fraction of sp³-hybridized carbons (Fsp3) is 0.192. The van der Waals surface area contributed by atoms with Gasteiger partial charge in [-0.2, -0.15) is 5.10 Å². The van der Waals surface area contributed by atoms with Gasteiger partial charge < -0.3 is 4.74 Å². The van der Waals surface area contributed by atoms with E-state index in [2.05, 4.69) is 10.5 Å². The molecular weight excluding hydrogens is 466 g/mol. The van der Waals surface area contributed by atoms with Crippen LogP contribution < -0.4 is 14.5 Å². The van der Waals surface area contributed by atoms with E-state index in [0.29, 0.717) is 34.9 Å². The molecule has 0 saturated heterocycles. The number of hydrogen-bond donors (Lipinski definition) is 1. The minimum absolute atomic E-state index is 0.0240. The fourth-order valence-corrected chi connectivity index (χ4v) is 5.16. The summed E-state index contributed by atoms with van der Waals surface area (Å²) in [5.41, 5.74) is 5.37. The summed E-state index contributed by atoms with van der Waals surface area (Å²) in [6, 6.07) is 19.9. The third kappa shape index (κ3) is 5.25. The van der Waals surface area contributed by atoms with Crippen molar-refractivity contribution in [1.82, 2.24) is 5.43 Å². The van der Waals surface area contributed by atoms with Gasteiger partial charge in [0, 0.05) is 11.1 Å². The molecule has 1 aliphatic carbocycles. The number of aryl methyl sites for hydroxylation is 1. The molecule has 0 aliphatic heterocycles. The molecule has 0 heterocycles. The largest absolute Gasteiger partial charge is 0.494 e. The molecular formula is C26H25N3O5S. The summed E-state index contributed by atoms with van der Waals surface area (Å²) < 4.78 is 33.5. The Morgan fingerprint density at radius 2 is 1.66 bits per heavy atom. The highest BCUT2D eigenvalue weighted by Gasteiger charge is 2.28. The van der Waals surface area contributed by atoms with Crippen LogP contribution in [0.15, 0.2) is 82.8 Å². The average molecular weight is 492 g/mol. The van der Waals surface area contributed by atoms with Gasteiger partial charge in [0.05, 0.1) is 29.3 Å². The van der Waals surface area contributed by atoms with E-state index in [9.17, 15) is 18.0 Å². The van der Waals surface area contributed by atoms with E-state index < -0.39 is 22.5 Å². The average Bonchev–Trinajstić information content (AvgIpc) is 3.18. The van der Waals surface area contributed by atoms with E-state index in [4.69, 9.17) is 4.74 Å². The number of ketones is 1. The van der Waals surface area contributed by atoms with Crippen molar-refractivity contribution in [2.75, 3.05) is 17.5 Å². The molecule has 0 spiro atoms. The van der Waals surface area contributed by atoms with Crippen molar-refractivity contribution in [3.05, 3.63) is 89.5 Å². The number of nitrogens with one attached hydrogen (secondary N) is 1. The summed E-state index contributed by atoms with van der Waals surface area (Å²) in [4.78, 5) is 25.0. The topological polar surface area (TPSA) is 105 Å². The normalized spacial score (nSPS) is 14.0. The van der Waals surface area contributed by atoms with E-state index in [1.54, 1.807) is 60.7 Å². The molecule has 0 aromatic heterocycles. The lowest BCUT2D eigenvalue weighted by atomic mass is 10.1. The number of nitrogens with zero attached hydrogens (tertiary/aromatic N) is 2. The van der Waals surface area contributed by atoms with Crippen molar-refractivity contribution in [3.8, 4) is 5.75 Å². The first-order chi connectivity index (χ1) is 16.8. The number of anilines is 1. The number of carbonyl (C=O) groups excluding carboxylic acids is 2. The molecule has 8 nitrogen and oxygen atoms in total. The van der Waals surface area contributed by atoms with Crippen molar-refractivity contribution in [2.45, 2.75) is 25.2 Å². The number of hydrogen-bond acceptors (Lipinski definition) is 6. The van der Waals surface area contributed by atoms with E-state index >= 15 is 0 Å². The van der Waals surface area contributed by atoms with Crippen LogP contribution in [0.4, 0.5) is 5.69 Å². The van der Waals surface area contributed by atoms with Crippen molar-refractivity contribution < 1.29 is 22.7 Å². The highest BCUT2D eigenvalue weighted by Crippen LogP contribution is 2.26. The van der Waals surface area contributed by atoms with Gasteiger partial charge >= 0.3 is 0 Å². The SMILES string of the molecule is CCOc1ccc(S(=O)(=O)N(CC(=O)N/N=C2\CC(=O)c3ccccc32)c2ccc(C)cc2)cc1. The Balaban J connectivity index is 1.59. The summed E-state index contributed by atoms with van der Waals surface area (Å²) in [7, 11) is -4.07. The van der Waals surface area contributed by atoms with Crippen molar-refractivity contribution >= 4 is 33.1 Å². The summed E-state index contributed by atoms with van der Waals surface area (Å²) >= 11 is 0. The van der Waals surface area contributed by atoms with Crippen LogP contribution >= 0.6 is 0 Å². The maximum Gasteiger partial charge on any atom is 0.264 e. The van der Waals surface area contributed by atoms with E-state index in [1.165, 1.54) is 12.1 Å². The highest BCUT2D eigenvalue weighted by molar-refractivity contribution is 7.92. The zero-order valence-electron chi connectivity index (χ0n) is 19.4. The summed E-state index contributed by atoms with van der Waals surface area (Å²) in [6.07, 6.45) is 0.0752. The van der Waals surface area contributed by atoms with Crippen LogP contribution in [0.25, 0.3) is 0 Å². The van der Waals surface area contributed by atoms with Crippen LogP contribution in [-0.2, 0) is 14.8 Å². The number of ether oxygens (including phenoxy) is 1. The second-order valence-corrected chi connectivity index (χ2v) is 9.85. The van der Waals surface area contributed by atoms with Crippen LogP contribution in [0.3, 0.4) is 0 Å². The number of benzene rings is 3. The molecule has 0 unspecified atom stereocenters. The molecule has 1 N–H and O–H groups in total. The van der Waals surface area contributed by atoms with Crippen LogP contribution in [0.1, 0.15) is 34.8 Å². The van der Waals surface area contributed by atoms with Crippen LogP contribution in [0.2, 0.25) is 0 Å². The lowest BCUT2D eigenvalue weighted by molar-refractivity contribution is -0.119.